The molecule has 115 heavy (non-hydrogen) atoms. The SMILES string of the molecule is N#Cc1ccc2c(c1)c1cc(-c3ccc(-c4ccc5c(c4)c4ccccc4n5-c4ccccc4)cc3)ccc1n2-c1ccc2ccccc2c1.N#Cc1ccc2c(c1)c1cc(-c3ccc(-c4ccc5c(c4)c4ccccc4n5-c4ccccc4)cc3)ccc1n2-c1cccc([Si](c2ccccc2)(c2ccccc2)c2ccccc2)c1. The summed E-state index contributed by atoms with van der Waals surface area (Å²) in [5.74, 6) is 0. The quantitative estimate of drug-likeness (QED) is 0.0903. The summed E-state index contributed by atoms with van der Waals surface area (Å²) in [6.07, 6.45) is 0. The van der Waals surface area contributed by atoms with Crippen LogP contribution in [0.5, 0.6) is 0 Å². The van der Waals surface area contributed by atoms with Crippen molar-refractivity contribution in [3.05, 3.63) is 436 Å². The Morgan fingerprint density at radius 1 is 0.174 bits per heavy atom. The van der Waals surface area contributed by atoms with Crippen LogP contribution < -0.4 is 20.7 Å². The number of nitrogens with zero attached hydrogens (tertiary/aromatic N) is 6. The second kappa shape index (κ2) is 28.2. The fourth-order valence-electron chi connectivity index (χ4n) is 18.1. The molecule has 0 atom stereocenters. The Hall–Kier alpha value is -15.4. The van der Waals surface area contributed by atoms with Crippen molar-refractivity contribution in [2.75, 3.05) is 0 Å². The van der Waals surface area contributed by atoms with Crippen LogP contribution in [0.15, 0.2) is 425 Å². The van der Waals surface area contributed by atoms with Gasteiger partial charge in [-0.15, -0.1) is 0 Å². The Morgan fingerprint density at radius 2 is 0.452 bits per heavy atom. The van der Waals surface area contributed by atoms with Gasteiger partial charge in [0.1, 0.15) is 0 Å². The van der Waals surface area contributed by atoms with Gasteiger partial charge in [0.15, 0.2) is 8.07 Å². The fraction of sp³-hybridized carbons (Fsp3) is 0. The monoisotopic (exact) mass is 1480 g/mol. The van der Waals surface area contributed by atoms with Gasteiger partial charge in [-0.05, 0) is 222 Å². The van der Waals surface area contributed by atoms with Crippen molar-refractivity contribution in [1.29, 1.82) is 10.5 Å². The van der Waals surface area contributed by atoms with Crippen molar-refractivity contribution in [2.24, 2.45) is 0 Å². The Morgan fingerprint density at radius 3 is 0.843 bits per heavy atom. The summed E-state index contributed by atoms with van der Waals surface area (Å²) in [6.45, 7) is 0. The number of hydrogen-bond donors (Lipinski definition) is 0. The molecule has 0 unspecified atom stereocenters. The number of aromatic nitrogens is 4. The molecule has 6 nitrogen and oxygen atoms in total. The zero-order chi connectivity index (χ0) is 76.5. The lowest BCUT2D eigenvalue weighted by Gasteiger charge is -2.34. The first-order valence-electron chi connectivity index (χ1n) is 39.0. The zero-order valence-corrected chi connectivity index (χ0v) is 63.6. The molecule has 0 bridgehead atoms. The summed E-state index contributed by atoms with van der Waals surface area (Å²) in [4.78, 5) is 0. The van der Waals surface area contributed by atoms with Crippen molar-refractivity contribution in [1.82, 2.24) is 18.3 Å². The standard InChI is InChI=1S/C61H41N3Si.C47H29N3/c62-42-43-28-35-59-55(38-43)57-40-47(45-31-29-44(30-32-45)46-33-36-60-56(39-46)54-26-13-14-27-58(54)63(60)48-16-5-1-6-17-48)34-37-61(57)64(59)49-18-15-25-53(41-49)65(50-19-7-2-8-20-50,51-21-9-3-10-22-51)52-23-11-4-12-24-52;48-30-31-14-23-45-41(26-31)43-29-37(21-25-47(43)50(45)39-22-19-32-8-4-5-9-35(32)27-39)34-17-15-33(16-18-34)36-20-24-46-42(28-36)40-12-6-7-13-44(40)49(46)38-10-2-1-3-11-38/h1-41H;1-29H. The number of hydrogen-bond acceptors (Lipinski definition) is 2. The summed E-state index contributed by atoms with van der Waals surface area (Å²) >= 11 is 0. The van der Waals surface area contributed by atoms with Crippen LogP contribution in [0.25, 0.3) is 165 Å². The first-order chi connectivity index (χ1) is 56.9. The smallest absolute Gasteiger partial charge is 0.179 e. The molecule has 22 aromatic rings. The van der Waals surface area contributed by atoms with E-state index in [-0.39, 0.29) is 0 Å². The van der Waals surface area contributed by atoms with Gasteiger partial charge in [0.2, 0.25) is 0 Å². The largest absolute Gasteiger partial charge is 0.309 e. The molecule has 18 aromatic carbocycles. The van der Waals surface area contributed by atoms with Crippen molar-refractivity contribution in [3.8, 4) is 79.4 Å². The maximum absolute atomic E-state index is 10.1. The number of fused-ring (bicyclic) bond motifs is 13. The summed E-state index contributed by atoms with van der Waals surface area (Å²) < 4.78 is 9.41. The third kappa shape index (κ3) is 11.5. The van der Waals surface area contributed by atoms with Crippen LogP contribution in [0.2, 0.25) is 0 Å². The maximum atomic E-state index is 10.1. The summed E-state index contributed by atoms with van der Waals surface area (Å²) in [5, 5.41) is 37.0. The van der Waals surface area contributed by atoms with Crippen LogP contribution in [0.4, 0.5) is 0 Å². The lowest BCUT2D eigenvalue weighted by Crippen LogP contribution is -2.74. The van der Waals surface area contributed by atoms with Crippen LogP contribution in [0.1, 0.15) is 11.1 Å². The molecule has 0 saturated heterocycles. The summed E-state index contributed by atoms with van der Waals surface area (Å²) in [6, 6.07) is 158. The zero-order valence-electron chi connectivity index (χ0n) is 62.6. The minimum absolute atomic E-state index is 0.646. The van der Waals surface area contributed by atoms with Gasteiger partial charge in [-0.1, -0.05) is 279 Å². The second-order valence-electron chi connectivity index (χ2n) is 29.7. The highest BCUT2D eigenvalue weighted by atomic mass is 28.3. The number of nitriles is 2. The molecule has 0 radical (unpaired) electrons. The van der Waals surface area contributed by atoms with Crippen molar-refractivity contribution >= 4 is 127 Å². The highest BCUT2D eigenvalue weighted by Gasteiger charge is 2.41. The Labute approximate surface area is 666 Å². The van der Waals surface area contributed by atoms with Gasteiger partial charge < -0.3 is 18.3 Å². The van der Waals surface area contributed by atoms with Crippen LogP contribution in [-0.4, -0.2) is 26.3 Å². The van der Waals surface area contributed by atoms with E-state index in [1.807, 2.05) is 24.3 Å². The van der Waals surface area contributed by atoms with E-state index in [9.17, 15) is 10.5 Å². The molecule has 0 aliphatic carbocycles. The normalized spacial score (nSPS) is 11.6. The second-order valence-corrected chi connectivity index (χ2v) is 33.6. The molecule has 0 aliphatic heterocycles. The van der Waals surface area contributed by atoms with E-state index >= 15 is 0 Å². The molecule has 0 saturated carbocycles. The number of rotatable bonds is 12. The molecule has 536 valence electrons. The predicted octanol–water partition coefficient (Wildman–Crippen LogP) is 24.7. The topological polar surface area (TPSA) is 67.3 Å². The maximum Gasteiger partial charge on any atom is 0.179 e. The molecule has 4 heterocycles. The Bertz CT molecular complexity index is 7540. The lowest BCUT2D eigenvalue weighted by molar-refractivity contribution is 1.18. The summed E-state index contributed by atoms with van der Waals surface area (Å²) in [7, 11) is -2.77. The molecule has 0 fully saturated rings. The molecular formula is C108H70N6Si. The van der Waals surface area contributed by atoms with Gasteiger partial charge >= 0.3 is 0 Å². The molecule has 0 spiro atoms. The van der Waals surface area contributed by atoms with Gasteiger partial charge in [-0.3, -0.25) is 0 Å². The van der Waals surface area contributed by atoms with Gasteiger partial charge in [-0.2, -0.15) is 10.5 Å². The first kappa shape index (κ1) is 67.7. The van der Waals surface area contributed by atoms with E-state index in [4.69, 9.17) is 0 Å². The first-order valence-corrected chi connectivity index (χ1v) is 41.0. The molecule has 7 heteroatoms. The summed E-state index contributed by atoms with van der Waals surface area (Å²) in [5.41, 5.74) is 24.3. The highest BCUT2D eigenvalue weighted by molar-refractivity contribution is 7.20. The third-order valence-electron chi connectivity index (χ3n) is 23.4. The molecule has 22 rings (SSSR count). The van der Waals surface area contributed by atoms with E-state index in [0.717, 1.165) is 88.6 Å². The molecule has 0 amide bonds. The van der Waals surface area contributed by atoms with E-state index in [1.165, 1.54) is 97.4 Å². The van der Waals surface area contributed by atoms with E-state index in [0.29, 0.717) is 11.1 Å². The van der Waals surface area contributed by atoms with Crippen LogP contribution in [0, 0.1) is 22.7 Å². The van der Waals surface area contributed by atoms with Gasteiger partial charge in [-0.25, -0.2) is 0 Å². The van der Waals surface area contributed by atoms with E-state index in [2.05, 4.69) is 431 Å². The number of benzene rings is 18. The van der Waals surface area contributed by atoms with E-state index < -0.39 is 8.07 Å². The van der Waals surface area contributed by atoms with Crippen molar-refractivity contribution in [2.45, 2.75) is 0 Å². The molecule has 0 aliphatic rings. The van der Waals surface area contributed by atoms with Gasteiger partial charge in [0.25, 0.3) is 0 Å². The van der Waals surface area contributed by atoms with Gasteiger partial charge in [0.05, 0.1) is 67.4 Å². The Kier molecular flexibility index (Phi) is 16.6. The Balaban J connectivity index is 0.000000149. The van der Waals surface area contributed by atoms with Crippen molar-refractivity contribution in [3.63, 3.8) is 0 Å². The predicted molar refractivity (Wildman–Crippen MR) is 483 cm³/mol. The molecule has 4 aromatic heterocycles. The van der Waals surface area contributed by atoms with Crippen molar-refractivity contribution < 1.29 is 0 Å². The minimum atomic E-state index is -2.77. The minimum Gasteiger partial charge on any atom is -0.309 e. The number of para-hydroxylation sites is 4. The van der Waals surface area contributed by atoms with Crippen LogP contribution in [-0.2, 0) is 0 Å². The highest BCUT2D eigenvalue weighted by Crippen LogP contribution is 2.42. The molecular weight excluding hydrogens is 1410 g/mol. The third-order valence-corrected chi connectivity index (χ3v) is 28.2. The fourth-order valence-corrected chi connectivity index (χ4v) is 22.9. The van der Waals surface area contributed by atoms with Crippen LogP contribution >= 0.6 is 0 Å². The van der Waals surface area contributed by atoms with Gasteiger partial charge in [0, 0.05) is 65.8 Å². The molecule has 0 N–H and O–H groups in total. The average Bonchev–Trinajstić information content (AvgIpc) is 1.12. The van der Waals surface area contributed by atoms with E-state index in [1.54, 1.807) is 0 Å². The lowest BCUT2D eigenvalue weighted by atomic mass is 9.98. The average molecular weight is 1480 g/mol. The van der Waals surface area contributed by atoms with Crippen LogP contribution in [0.3, 0.4) is 0 Å².